The fourth-order valence-electron chi connectivity index (χ4n) is 2.09. The van der Waals surface area contributed by atoms with Crippen molar-refractivity contribution >= 4 is 34.8 Å². The van der Waals surface area contributed by atoms with Crippen molar-refractivity contribution in [2.75, 3.05) is 0 Å². The van der Waals surface area contributed by atoms with E-state index in [1.54, 1.807) is 0 Å². The molecule has 0 saturated carbocycles. The number of aromatic nitrogens is 3. The van der Waals surface area contributed by atoms with Crippen molar-refractivity contribution in [1.29, 1.82) is 0 Å². The summed E-state index contributed by atoms with van der Waals surface area (Å²) in [5.74, 6) is 0.138. The highest BCUT2D eigenvalue weighted by Gasteiger charge is 2.27. The Balaban J connectivity index is 2.00. The van der Waals surface area contributed by atoms with Crippen molar-refractivity contribution in [2.24, 2.45) is 0 Å². The highest BCUT2D eigenvalue weighted by molar-refractivity contribution is 6.66. The molecule has 0 spiro atoms. The fourth-order valence-corrected chi connectivity index (χ4v) is 2.36. The molecule has 0 amide bonds. The first-order valence-corrected chi connectivity index (χ1v) is 7.78. The zero-order valence-electron chi connectivity index (χ0n) is 11.6. The SMILES string of the molecule is O=c1nc(-c2ccc(-c3ccccc3)cc2)nc(C(Cl)(Cl)Cl)[nH]1. The van der Waals surface area contributed by atoms with Gasteiger partial charge >= 0.3 is 5.69 Å². The van der Waals surface area contributed by atoms with Gasteiger partial charge in [-0.05, 0) is 11.1 Å². The summed E-state index contributed by atoms with van der Waals surface area (Å²) in [5, 5.41) is 0. The van der Waals surface area contributed by atoms with Gasteiger partial charge in [-0.3, -0.25) is 4.98 Å². The summed E-state index contributed by atoms with van der Waals surface area (Å²) < 4.78 is -1.82. The summed E-state index contributed by atoms with van der Waals surface area (Å²) in [4.78, 5) is 21.9. The molecule has 1 heterocycles. The molecule has 116 valence electrons. The average Bonchev–Trinajstić information content (AvgIpc) is 2.54. The number of hydrogen-bond donors (Lipinski definition) is 1. The zero-order chi connectivity index (χ0) is 16.4. The second-order valence-corrected chi connectivity index (χ2v) is 7.05. The van der Waals surface area contributed by atoms with Crippen molar-refractivity contribution in [3.63, 3.8) is 0 Å². The summed E-state index contributed by atoms with van der Waals surface area (Å²) in [5.41, 5.74) is 2.17. The molecule has 7 heteroatoms. The lowest BCUT2D eigenvalue weighted by Gasteiger charge is -2.10. The van der Waals surface area contributed by atoms with Crippen LogP contribution >= 0.6 is 34.8 Å². The number of hydrogen-bond acceptors (Lipinski definition) is 3. The maximum Gasteiger partial charge on any atom is 0.348 e. The lowest BCUT2D eigenvalue weighted by atomic mass is 10.0. The molecule has 0 radical (unpaired) electrons. The second kappa shape index (κ2) is 6.32. The number of halogens is 3. The molecule has 3 aromatic rings. The van der Waals surface area contributed by atoms with Crippen LogP contribution in [0.4, 0.5) is 0 Å². The van der Waals surface area contributed by atoms with Gasteiger partial charge in [-0.25, -0.2) is 9.78 Å². The Bertz CT molecular complexity index is 872. The van der Waals surface area contributed by atoms with Crippen LogP contribution in [0.3, 0.4) is 0 Å². The average molecular weight is 367 g/mol. The molecule has 3 rings (SSSR count). The molecule has 4 nitrogen and oxygen atoms in total. The van der Waals surface area contributed by atoms with Crippen LogP contribution in [0, 0.1) is 0 Å². The number of alkyl halides is 3. The number of nitrogens with one attached hydrogen (secondary N) is 1. The standard InChI is InChI=1S/C16H10Cl3N3O/c17-16(18,19)14-20-13(21-15(23)22-14)12-8-6-11(7-9-12)10-4-2-1-3-5-10/h1-9H,(H,20,21,22,23). The number of aromatic amines is 1. The van der Waals surface area contributed by atoms with E-state index < -0.39 is 9.48 Å². The van der Waals surface area contributed by atoms with Crippen LogP contribution in [0.25, 0.3) is 22.5 Å². The Morgan fingerprint density at radius 3 is 1.96 bits per heavy atom. The number of benzene rings is 2. The van der Waals surface area contributed by atoms with Crippen LogP contribution in [0.1, 0.15) is 5.82 Å². The lowest BCUT2D eigenvalue weighted by molar-refractivity contribution is 0.888. The molecule has 0 aliphatic carbocycles. The molecule has 1 N–H and O–H groups in total. The van der Waals surface area contributed by atoms with Gasteiger partial charge < -0.3 is 0 Å². The van der Waals surface area contributed by atoms with E-state index in [1.165, 1.54) is 0 Å². The summed E-state index contributed by atoms with van der Waals surface area (Å²) in [6.07, 6.45) is 0. The van der Waals surface area contributed by atoms with Gasteiger partial charge in [0.05, 0.1) is 0 Å². The Labute approximate surface area is 147 Å². The van der Waals surface area contributed by atoms with Crippen LogP contribution in [0.5, 0.6) is 0 Å². The largest absolute Gasteiger partial charge is 0.348 e. The molecular weight excluding hydrogens is 357 g/mol. The van der Waals surface area contributed by atoms with Gasteiger partial charge in [0.25, 0.3) is 0 Å². The predicted octanol–water partition coefficient (Wildman–Crippen LogP) is 4.33. The third-order valence-electron chi connectivity index (χ3n) is 3.17. The molecular formula is C16H10Cl3N3O. The van der Waals surface area contributed by atoms with Crippen LogP contribution in [0.15, 0.2) is 59.4 Å². The molecule has 0 fully saturated rings. The van der Waals surface area contributed by atoms with Gasteiger partial charge in [0.1, 0.15) is 0 Å². The van der Waals surface area contributed by atoms with Gasteiger partial charge in [0.2, 0.25) is 3.79 Å². The first kappa shape index (κ1) is 16.0. The highest BCUT2D eigenvalue weighted by atomic mass is 35.6. The first-order valence-electron chi connectivity index (χ1n) is 6.65. The molecule has 2 aromatic carbocycles. The Kier molecular flexibility index (Phi) is 4.39. The first-order chi connectivity index (χ1) is 10.9. The van der Waals surface area contributed by atoms with E-state index in [-0.39, 0.29) is 11.6 Å². The van der Waals surface area contributed by atoms with Gasteiger partial charge in [0, 0.05) is 5.56 Å². The molecule has 0 saturated heterocycles. The number of H-pyrrole nitrogens is 1. The van der Waals surface area contributed by atoms with Crippen molar-refractivity contribution < 1.29 is 0 Å². The molecule has 0 unspecified atom stereocenters. The third kappa shape index (κ3) is 3.72. The maximum absolute atomic E-state index is 11.6. The Hall–Kier alpha value is -1.88. The van der Waals surface area contributed by atoms with E-state index in [0.717, 1.165) is 11.1 Å². The van der Waals surface area contributed by atoms with Crippen molar-refractivity contribution in [2.45, 2.75) is 3.79 Å². The number of rotatable bonds is 2. The van der Waals surface area contributed by atoms with Crippen molar-refractivity contribution in [3.8, 4) is 22.5 Å². The summed E-state index contributed by atoms with van der Waals surface area (Å²) in [6, 6.07) is 17.4. The molecule has 0 aliphatic rings. The van der Waals surface area contributed by atoms with E-state index in [2.05, 4.69) is 15.0 Å². The minimum absolute atomic E-state index is 0.0652. The van der Waals surface area contributed by atoms with Crippen LogP contribution in [-0.4, -0.2) is 15.0 Å². The van der Waals surface area contributed by atoms with Crippen LogP contribution < -0.4 is 5.69 Å². The maximum atomic E-state index is 11.6. The van der Waals surface area contributed by atoms with Gasteiger partial charge in [-0.2, -0.15) is 4.98 Å². The van der Waals surface area contributed by atoms with Crippen LogP contribution in [-0.2, 0) is 3.79 Å². The Morgan fingerprint density at radius 2 is 1.35 bits per heavy atom. The summed E-state index contributed by atoms with van der Waals surface area (Å²) >= 11 is 17.3. The van der Waals surface area contributed by atoms with Crippen molar-refractivity contribution in [3.05, 3.63) is 70.9 Å². The molecule has 0 atom stereocenters. The van der Waals surface area contributed by atoms with Crippen LogP contribution in [0.2, 0.25) is 0 Å². The zero-order valence-corrected chi connectivity index (χ0v) is 13.9. The normalized spacial score (nSPS) is 11.4. The van der Waals surface area contributed by atoms with E-state index in [1.807, 2.05) is 54.6 Å². The molecule has 0 aliphatic heterocycles. The van der Waals surface area contributed by atoms with Gasteiger partial charge in [-0.1, -0.05) is 89.4 Å². The van der Waals surface area contributed by atoms with Gasteiger partial charge in [0.15, 0.2) is 11.6 Å². The van der Waals surface area contributed by atoms with Crippen molar-refractivity contribution in [1.82, 2.24) is 15.0 Å². The molecule has 23 heavy (non-hydrogen) atoms. The quantitative estimate of drug-likeness (QED) is 0.687. The fraction of sp³-hybridized carbons (Fsp3) is 0.0625. The topological polar surface area (TPSA) is 58.6 Å². The number of nitrogens with zero attached hydrogens (tertiary/aromatic N) is 2. The summed E-state index contributed by atoms with van der Waals surface area (Å²) in [6.45, 7) is 0. The van der Waals surface area contributed by atoms with E-state index in [9.17, 15) is 4.79 Å². The molecule has 1 aromatic heterocycles. The molecule has 0 bridgehead atoms. The third-order valence-corrected chi connectivity index (χ3v) is 3.71. The van der Waals surface area contributed by atoms with E-state index in [0.29, 0.717) is 5.56 Å². The monoisotopic (exact) mass is 365 g/mol. The minimum Gasteiger partial charge on any atom is -0.290 e. The van der Waals surface area contributed by atoms with E-state index in [4.69, 9.17) is 34.8 Å². The van der Waals surface area contributed by atoms with Gasteiger partial charge in [-0.15, -0.1) is 0 Å². The Morgan fingerprint density at radius 1 is 0.783 bits per heavy atom. The second-order valence-electron chi connectivity index (χ2n) is 4.77. The van der Waals surface area contributed by atoms with E-state index >= 15 is 0 Å². The smallest absolute Gasteiger partial charge is 0.290 e. The summed E-state index contributed by atoms with van der Waals surface area (Å²) in [7, 11) is 0. The predicted molar refractivity (Wildman–Crippen MR) is 92.8 cm³/mol. The lowest BCUT2D eigenvalue weighted by Crippen LogP contribution is -2.20. The highest BCUT2D eigenvalue weighted by Crippen LogP contribution is 2.35. The minimum atomic E-state index is -1.82.